The summed E-state index contributed by atoms with van der Waals surface area (Å²) in [6.45, 7) is 41.9. The molecule has 0 bridgehead atoms. The molecular weight excluding hydrogens is 1170 g/mol. The molecule has 0 amide bonds. The molecule has 6 aliphatic rings. The van der Waals surface area contributed by atoms with E-state index in [4.69, 9.17) is 8.85 Å². The summed E-state index contributed by atoms with van der Waals surface area (Å²) in [6, 6.07) is 26.2. The Balaban J connectivity index is 0.000000189. The van der Waals surface area contributed by atoms with Crippen LogP contribution in [0.3, 0.4) is 0 Å². The zero-order valence-corrected chi connectivity index (χ0v) is 60.8. The molecule has 6 saturated carbocycles. The molecular formula is C77H112O8S2Si2. The van der Waals surface area contributed by atoms with Crippen LogP contribution in [-0.4, -0.2) is 80.1 Å². The van der Waals surface area contributed by atoms with Gasteiger partial charge in [0.1, 0.15) is 0 Å². The van der Waals surface area contributed by atoms with E-state index in [1.807, 2.05) is 66.7 Å². The summed E-state index contributed by atoms with van der Waals surface area (Å²) in [6.07, 6.45) is 26.9. The van der Waals surface area contributed by atoms with Crippen LogP contribution < -0.4 is 0 Å². The van der Waals surface area contributed by atoms with Crippen LogP contribution in [0, 0.1) is 40.4 Å². The Morgan fingerprint density at radius 3 is 1.69 bits per heavy atom. The van der Waals surface area contributed by atoms with E-state index in [0.29, 0.717) is 52.2 Å². The van der Waals surface area contributed by atoms with E-state index in [9.17, 15) is 27.0 Å². The van der Waals surface area contributed by atoms with Gasteiger partial charge >= 0.3 is 0 Å². The SMILES string of the molecule is C=C1/C(=C\C=C2/CCC[C@]3(C)[C@@H](CC)CC[C@@H]23)C[C@@H](O[Si](C)(C)C(C)(C)C)C[C@@H]1O[Si](C)(C)C(C)(C)C.C=C1/C(=C\C=C2/CCC[C@]3(C)[C@@H]([C@H](C)CCS(=O)(=O)c4ccc5ccccc5c4)CC[C@@H]23)C[C@@H](O)C[C@@H]1O.CS(=O)(=O)c1ccc2ccccc2c1. The number of aliphatic hydroxyl groups is 2. The van der Waals surface area contributed by atoms with Gasteiger partial charge in [0.2, 0.25) is 0 Å². The first-order valence-electron chi connectivity index (χ1n) is 33.8. The van der Waals surface area contributed by atoms with Crippen LogP contribution in [0.25, 0.3) is 21.5 Å². The Morgan fingerprint density at radius 1 is 0.640 bits per heavy atom. The predicted molar refractivity (Wildman–Crippen MR) is 379 cm³/mol. The summed E-state index contributed by atoms with van der Waals surface area (Å²) >= 11 is 0. The third kappa shape index (κ3) is 16.3. The number of benzene rings is 4. The van der Waals surface area contributed by atoms with Crippen LogP contribution in [0.2, 0.25) is 36.3 Å². The van der Waals surface area contributed by atoms with Gasteiger partial charge in [0.05, 0.1) is 40.0 Å². The first kappa shape index (κ1) is 70.9. The minimum Gasteiger partial charge on any atom is -0.413 e. The summed E-state index contributed by atoms with van der Waals surface area (Å²) in [5, 5.41) is 24.7. The number of hydrogen-bond acceptors (Lipinski definition) is 8. The second-order valence-electron chi connectivity index (χ2n) is 31.4. The second-order valence-corrected chi connectivity index (χ2v) is 45.0. The van der Waals surface area contributed by atoms with E-state index >= 15 is 0 Å². The highest BCUT2D eigenvalue weighted by Crippen LogP contribution is 2.61. The van der Waals surface area contributed by atoms with Gasteiger partial charge in [-0.3, -0.25) is 0 Å². The number of sulfone groups is 2. The average molecular weight is 1290 g/mol. The fraction of sp³-hybridized carbons (Fsp3) is 0.584. The van der Waals surface area contributed by atoms with E-state index < -0.39 is 48.5 Å². The van der Waals surface area contributed by atoms with Crippen molar-refractivity contribution in [1.29, 1.82) is 0 Å². The van der Waals surface area contributed by atoms with Gasteiger partial charge in [-0.15, -0.1) is 0 Å². The summed E-state index contributed by atoms with van der Waals surface area (Å²) in [5.74, 6) is 3.18. The minimum atomic E-state index is -3.34. The van der Waals surface area contributed by atoms with E-state index in [-0.39, 0.29) is 33.5 Å². The smallest absolute Gasteiger partial charge is 0.192 e. The zero-order chi connectivity index (χ0) is 65.3. The van der Waals surface area contributed by atoms with Gasteiger partial charge < -0.3 is 19.1 Å². The summed E-state index contributed by atoms with van der Waals surface area (Å²) in [5.41, 5.74) is 8.09. The lowest BCUT2D eigenvalue weighted by atomic mass is 9.61. The summed E-state index contributed by atoms with van der Waals surface area (Å²) < 4.78 is 63.1. The first-order chi connectivity index (χ1) is 41.5. The first-order valence-corrected chi connectivity index (χ1v) is 43.1. The standard InChI is InChI=1S/C33H42O4S.C33H60O2Si2.C11H10O2S/c1-22(16-18-38(36,37)29-13-12-24-7-4-5-8-27(24)20-29)30-14-15-31-25(9-6-17-33(30,31)3)10-11-26-19-28(34)21-32(35)23(26)2;1-14-27-19-20-29-25(16-15-21-33(27,29)9)17-18-26-22-28(34-36(10,11)31(3,4)5)23-30(24(26)2)35-37(12,13)32(6,7)8;1-14(12,13)11-7-6-9-4-2-3-5-10(9)8-11/h4-5,7-8,10-13,20,22,28,30-32,34-35H,2,6,9,14-19,21H2,1,3H3;17-18,27-30H,2,14-16,19-23H2,1,3-13H3;2-8H,1H3/b25-10+,26-11-;25-17+,26-18-;/t22-,28-,30-,31+,32+,33-;27-,28+,29-,30-,33+;/m10./s1. The molecule has 0 saturated heterocycles. The van der Waals surface area contributed by atoms with E-state index in [1.165, 1.54) is 67.9 Å². The van der Waals surface area contributed by atoms with E-state index in [0.717, 1.165) is 83.1 Å². The number of aliphatic hydroxyl groups excluding tert-OH is 2. The lowest BCUT2D eigenvalue weighted by Crippen LogP contribution is -2.49. The van der Waals surface area contributed by atoms with Crippen LogP contribution in [0.4, 0.5) is 0 Å². The Labute approximate surface area is 541 Å². The predicted octanol–water partition coefficient (Wildman–Crippen LogP) is 19.6. The van der Waals surface area contributed by atoms with Crippen molar-refractivity contribution in [3.8, 4) is 0 Å². The molecule has 6 aliphatic carbocycles. The molecule has 0 aromatic heterocycles. The van der Waals surface area contributed by atoms with Crippen molar-refractivity contribution in [2.75, 3.05) is 12.0 Å². The average Bonchev–Trinajstić information content (AvgIpc) is 1.68. The van der Waals surface area contributed by atoms with Gasteiger partial charge in [-0.2, -0.15) is 0 Å². The Hall–Kier alpha value is -3.99. The molecule has 4 aromatic rings. The highest BCUT2D eigenvalue weighted by Gasteiger charge is 2.52. The molecule has 488 valence electrons. The molecule has 6 fully saturated rings. The van der Waals surface area contributed by atoms with Crippen LogP contribution in [-0.2, 0) is 28.5 Å². The van der Waals surface area contributed by atoms with Crippen LogP contribution in [0.5, 0.6) is 0 Å². The molecule has 8 nitrogen and oxygen atoms in total. The Morgan fingerprint density at radius 2 is 1.13 bits per heavy atom. The van der Waals surface area contributed by atoms with Crippen molar-refractivity contribution in [3.05, 3.63) is 156 Å². The number of allylic oxidation sites excluding steroid dienone is 6. The molecule has 0 radical (unpaired) electrons. The highest BCUT2D eigenvalue weighted by molar-refractivity contribution is 7.91. The van der Waals surface area contributed by atoms with Crippen molar-refractivity contribution in [1.82, 2.24) is 0 Å². The normalized spacial score (nSPS) is 30.3. The molecule has 0 spiro atoms. The molecule has 0 aliphatic heterocycles. The molecule has 4 aromatic carbocycles. The molecule has 12 heteroatoms. The van der Waals surface area contributed by atoms with Crippen molar-refractivity contribution >= 4 is 57.9 Å². The van der Waals surface area contributed by atoms with Crippen LogP contribution in [0.1, 0.15) is 172 Å². The van der Waals surface area contributed by atoms with Gasteiger partial charge in [0, 0.05) is 19.1 Å². The number of hydrogen-bond donors (Lipinski definition) is 2. The van der Waals surface area contributed by atoms with Gasteiger partial charge in [0.25, 0.3) is 0 Å². The molecule has 0 heterocycles. The Kier molecular flexibility index (Phi) is 22.2. The summed E-state index contributed by atoms with van der Waals surface area (Å²) in [4.78, 5) is 0.797. The van der Waals surface area contributed by atoms with E-state index in [1.54, 1.807) is 23.8 Å². The van der Waals surface area contributed by atoms with Crippen molar-refractivity contribution in [2.24, 2.45) is 40.4 Å². The number of rotatable bonds is 13. The molecule has 2 N–H and O–H groups in total. The van der Waals surface area contributed by atoms with Gasteiger partial charge in [0.15, 0.2) is 36.3 Å². The van der Waals surface area contributed by atoms with Crippen molar-refractivity contribution < 1.29 is 35.9 Å². The second kappa shape index (κ2) is 27.9. The topological polar surface area (TPSA) is 127 Å². The van der Waals surface area contributed by atoms with Crippen molar-refractivity contribution in [3.63, 3.8) is 0 Å². The zero-order valence-electron chi connectivity index (χ0n) is 57.2. The fourth-order valence-corrected chi connectivity index (χ4v) is 20.7. The maximum absolute atomic E-state index is 13.3. The molecule has 11 atom stereocenters. The monoisotopic (exact) mass is 1280 g/mol. The van der Waals surface area contributed by atoms with Gasteiger partial charge in [-0.1, -0.05) is 185 Å². The molecule has 89 heavy (non-hydrogen) atoms. The summed E-state index contributed by atoms with van der Waals surface area (Å²) in [7, 11) is -10.2. The quantitative estimate of drug-likeness (QED) is 0.127. The van der Waals surface area contributed by atoms with E-state index in [2.05, 4.69) is 133 Å². The fourth-order valence-electron chi connectivity index (χ4n) is 15.9. The van der Waals surface area contributed by atoms with Crippen molar-refractivity contribution in [2.45, 2.75) is 242 Å². The molecule has 10 rings (SSSR count). The lowest BCUT2D eigenvalue weighted by Gasteiger charge is -2.45. The lowest BCUT2D eigenvalue weighted by molar-refractivity contribution is 0.0861. The van der Waals surface area contributed by atoms with Gasteiger partial charge in [-0.25, -0.2) is 16.8 Å². The molecule has 0 unspecified atom stereocenters. The number of fused-ring (bicyclic) bond motifs is 4. The maximum atomic E-state index is 13.3. The Bertz CT molecular complexity index is 3560. The highest BCUT2D eigenvalue weighted by atomic mass is 32.2. The largest absolute Gasteiger partial charge is 0.413 e. The third-order valence-corrected chi connectivity index (χ3v) is 35.3. The van der Waals surface area contributed by atoms with Crippen LogP contribution >= 0.6 is 0 Å². The van der Waals surface area contributed by atoms with Crippen LogP contribution in [0.15, 0.2) is 166 Å². The maximum Gasteiger partial charge on any atom is 0.192 e. The third-order valence-electron chi connectivity index (χ3n) is 23.4. The minimum absolute atomic E-state index is 0.0571. The van der Waals surface area contributed by atoms with Gasteiger partial charge in [-0.05, 0) is 228 Å².